The minimum absolute atomic E-state index is 0.185. The molecule has 2 saturated heterocycles. The largest absolute Gasteiger partial charge is 0.369 e. The smallest absolute Gasteiger partial charge is 0.329 e. The highest BCUT2D eigenvalue weighted by atomic mass is 19.1. The van der Waals surface area contributed by atoms with Gasteiger partial charge < -0.3 is 15.5 Å². The summed E-state index contributed by atoms with van der Waals surface area (Å²) in [4.78, 5) is 43.8. The normalized spacial score (nSPS) is 24.1. The number of benzene rings is 1. The molecule has 5 rings (SSSR count). The zero-order chi connectivity index (χ0) is 27.7. The van der Waals surface area contributed by atoms with Crippen LogP contribution in [0.2, 0.25) is 0 Å². The highest BCUT2D eigenvalue weighted by Crippen LogP contribution is 2.32. The van der Waals surface area contributed by atoms with Crippen LogP contribution >= 0.6 is 0 Å². The first kappa shape index (κ1) is 27.8. The van der Waals surface area contributed by atoms with Crippen molar-refractivity contribution in [3.05, 3.63) is 28.4 Å². The summed E-state index contributed by atoms with van der Waals surface area (Å²) in [5.41, 5.74) is 6.54. The van der Waals surface area contributed by atoms with Gasteiger partial charge >= 0.3 is 5.69 Å². The van der Waals surface area contributed by atoms with Crippen LogP contribution in [0.4, 0.5) is 10.1 Å². The van der Waals surface area contributed by atoms with Gasteiger partial charge in [0.05, 0.1) is 11.2 Å². The summed E-state index contributed by atoms with van der Waals surface area (Å²) in [6, 6.07) is 3.64. The lowest BCUT2D eigenvalue weighted by Gasteiger charge is -2.46. The third-order valence-corrected chi connectivity index (χ3v) is 9.08. The highest BCUT2D eigenvalue weighted by molar-refractivity contribution is 5.91. The Morgan fingerprint density at radius 3 is 2.46 bits per heavy atom. The molecule has 2 aliphatic heterocycles. The van der Waals surface area contributed by atoms with Gasteiger partial charge in [0.15, 0.2) is 5.82 Å². The maximum atomic E-state index is 15.9. The number of piperazine rings is 1. The lowest BCUT2D eigenvalue weighted by molar-refractivity contribution is -0.128. The summed E-state index contributed by atoms with van der Waals surface area (Å²) in [5, 5.41) is 2.15. The minimum atomic E-state index is -0.884. The van der Waals surface area contributed by atoms with Crippen LogP contribution in [-0.2, 0) is 16.6 Å². The van der Waals surface area contributed by atoms with E-state index in [0.717, 1.165) is 71.5 Å². The van der Waals surface area contributed by atoms with Crippen molar-refractivity contribution in [1.82, 2.24) is 24.3 Å². The average Bonchev–Trinajstić information content (AvgIpc) is 3.17. The molecule has 3 fully saturated rings. The Kier molecular flexibility index (Phi) is 8.39. The van der Waals surface area contributed by atoms with Gasteiger partial charge in [0, 0.05) is 64.9 Å². The van der Waals surface area contributed by atoms with E-state index >= 15 is 4.39 Å². The van der Waals surface area contributed by atoms with Crippen molar-refractivity contribution in [2.24, 2.45) is 18.7 Å². The van der Waals surface area contributed by atoms with Gasteiger partial charge in [0.1, 0.15) is 11.6 Å². The molecule has 11 heteroatoms. The van der Waals surface area contributed by atoms with Crippen molar-refractivity contribution in [3.63, 3.8) is 0 Å². The first-order valence-electron chi connectivity index (χ1n) is 14.4. The number of halogens is 1. The minimum Gasteiger partial charge on any atom is -0.369 e. The number of carbonyl (C=O) groups is 2. The van der Waals surface area contributed by atoms with E-state index in [1.807, 2.05) is 6.92 Å². The summed E-state index contributed by atoms with van der Waals surface area (Å²) < 4.78 is 18.5. The van der Waals surface area contributed by atoms with Crippen LogP contribution in [-0.4, -0.2) is 89.1 Å². The molecule has 1 unspecified atom stereocenters. The van der Waals surface area contributed by atoms with Crippen LogP contribution < -0.4 is 21.6 Å². The maximum absolute atomic E-state index is 15.9. The number of anilines is 1. The van der Waals surface area contributed by atoms with Gasteiger partial charge in [-0.05, 0) is 50.2 Å². The number of nitrogens with one attached hydrogen (secondary N) is 1. The zero-order valence-corrected chi connectivity index (χ0v) is 23.1. The van der Waals surface area contributed by atoms with Gasteiger partial charge in [-0.25, -0.2) is 9.18 Å². The second kappa shape index (κ2) is 11.8. The Bertz CT molecular complexity index is 1240. The molecule has 1 aliphatic carbocycles. The zero-order valence-electron chi connectivity index (χ0n) is 23.1. The van der Waals surface area contributed by atoms with Gasteiger partial charge in [-0.15, -0.1) is 0 Å². The number of carbonyl (C=O) groups excluding carboxylic acids is 2. The number of nitrogens with zero attached hydrogens (tertiary/aromatic N) is 5. The summed E-state index contributed by atoms with van der Waals surface area (Å²) in [5.74, 6) is -0.419. The van der Waals surface area contributed by atoms with Gasteiger partial charge in [-0.2, -0.15) is 0 Å². The van der Waals surface area contributed by atoms with E-state index in [1.165, 1.54) is 16.2 Å². The van der Waals surface area contributed by atoms with E-state index in [0.29, 0.717) is 48.5 Å². The second-order valence-corrected chi connectivity index (χ2v) is 11.6. The fraction of sp³-hybridized carbons (Fsp3) is 0.679. The number of imide groups is 1. The molecule has 214 valence electrons. The lowest BCUT2D eigenvalue weighted by atomic mass is 9.86. The van der Waals surface area contributed by atoms with E-state index in [4.69, 9.17) is 5.73 Å². The van der Waals surface area contributed by atoms with E-state index in [2.05, 4.69) is 20.0 Å². The fourth-order valence-corrected chi connectivity index (χ4v) is 6.73. The molecule has 10 nitrogen and oxygen atoms in total. The van der Waals surface area contributed by atoms with Gasteiger partial charge in [0.25, 0.3) is 0 Å². The summed E-state index contributed by atoms with van der Waals surface area (Å²) in [7, 11) is 1.53. The van der Waals surface area contributed by atoms with Crippen LogP contribution in [0.5, 0.6) is 0 Å². The Morgan fingerprint density at radius 2 is 1.85 bits per heavy atom. The number of hydrogen-bond acceptors (Lipinski definition) is 7. The van der Waals surface area contributed by atoms with Crippen molar-refractivity contribution in [2.75, 3.05) is 50.7 Å². The quantitative estimate of drug-likeness (QED) is 0.461. The molecule has 1 atom stereocenters. The highest BCUT2D eigenvalue weighted by Gasteiger charge is 2.34. The average molecular weight is 544 g/mol. The molecule has 2 aromatic rings. The number of imidazole rings is 1. The van der Waals surface area contributed by atoms with E-state index in [-0.39, 0.29) is 5.52 Å². The molecule has 1 aromatic carbocycles. The van der Waals surface area contributed by atoms with E-state index < -0.39 is 23.5 Å². The Labute approximate surface area is 228 Å². The molecule has 3 N–H and O–H groups in total. The number of aromatic nitrogens is 2. The van der Waals surface area contributed by atoms with Crippen LogP contribution in [0.15, 0.2) is 16.9 Å². The number of aryl methyl sites for hydroxylation is 1. The SMILES string of the molecule is CCCC(C(=O)NC=O)n1c(=O)n(C)c2c(F)c(N3CCC(CN4CCN(C5CC(N)C5)CC4)CC3)ccc21. The van der Waals surface area contributed by atoms with Crippen LogP contribution in [0.1, 0.15) is 51.5 Å². The predicted molar refractivity (Wildman–Crippen MR) is 149 cm³/mol. The summed E-state index contributed by atoms with van der Waals surface area (Å²) in [6.45, 7) is 8.96. The Hall–Kier alpha value is -2.76. The van der Waals surface area contributed by atoms with Crippen molar-refractivity contribution >= 4 is 29.0 Å². The predicted octanol–water partition coefficient (Wildman–Crippen LogP) is 1.42. The summed E-state index contributed by atoms with van der Waals surface area (Å²) in [6.07, 6.45) is 5.57. The molecular formula is C28H42FN7O3. The molecule has 39 heavy (non-hydrogen) atoms. The van der Waals surface area contributed by atoms with Gasteiger partial charge in [-0.1, -0.05) is 13.3 Å². The number of fused-ring (bicyclic) bond motifs is 1. The van der Waals surface area contributed by atoms with Crippen molar-refractivity contribution < 1.29 is 14.0 Å². The number of hydrogen-bond donors (Lipinski definition) is 2. The van der Waals surface area contributed by atoms with Crippen molar-refractivity contribution in [2.45, 2.75) is 63.6 Å². The number of amides is 2. The Balaban J connectivity index is 1.24. The Morgan fingerprint density at radius 1 is 1.15 bits per heavy atom. The van der Waals surface area contributed by atoms with Gasteiger partial charge in [0.2, 0.25) is 12.3 Å². The molecule has 0 radical (unpaired) electrons. The molecule has 1 saturated carbocycles. The second-order valence-electron chi connectivity index (χ2n) is 11.6. The third-order valence-electron chi connectivity index (χ3n) is 9.08. The number of nitrogens with two attached hydrogens (primary N) is 1. The molecule has 0 spiro atoms. The summed E-state index contributed by atoms with van der Waals surface area (Å²) >= 11 is 0. The van der Waals surface area contributed by atoms with Crippen molar-refractivity contribution in [3.8, 4) is 0 Å². The van der Waals surface area contributed by atoms with Crippen LogP contribution in [0.25, 0.3) is 11.0 Å². The maximum Gasteiger partial charge on any atom is 0.329 e. The number of piperidine rings is 1. The molecule has 3 heterocycles. The van der Waals surface area contributed by atoms with Gasteiger partial charge in [-0.3, -0.25) is 28.9 Å². The monoisotopic (exact) mass is 543 g/mol. The van der Waals surface area contributed by atoms with Crippen LogP contribution in [0, 0.1) is 11.7 Å². The standard InChI is InChI=1S/C28H42FN7O3/c1-3-4-24(27(38)31-18-37)36-23-6-5-22(25(29)26(23)32(2)28(36)39)35-9-7-19(8-10-35)17-33-11-13-34(14-12-33)21-15-20(30)16-21/h5-6,18-21,24H,3-4,7-17,30H2,1-2H3,(H,31,37,38). The third kappa shape index (κ3) is 5.49. The lowest BCUT2D eigenvalue weighted by Crippen LogP contribution is -2.57. The van der Waals surface area contributed by atoms with Crippen molar-refractivity contribution in [1.29, 1.82) is 0 Å². The van der Waals surface area contributed by atoms with E-state index in [1.54, 1.807) is 12.1 Å². The van der Waals surface area contributed by atoms with Crippen LogP contribution in [0.3, 0.4) is 0 Å². The fourth-order valence-electron chi connectivity index (χ4n) is 6.73. The molecule has 3 aliphatic rings. The first-order valence-corrected chi connectivity index (χ1v) is 14.4. The van der Waals surface area contributed by atoms with E-state index in [9.17, 15) is 14.4 Å². The first-order chi connectivity index (χ1) is 18.8. The molecule has 2 amide bonds. The topological polar surface area (TPSA) is 109 Å². The molecule has 1 aromatic heterocycles. The number of rotatable bonds is 9. The molecule has 0 bridgehead atoms. The molecular weight excluding hydrogens is 501 g/mol.